The molecular weight excluding hydrogens is 80.0 g/mol. The van der Waals surface area contributed by atoms with Crippen LogP contribution in [0.3, 0.4) is 0 Å². The van der Waals surface area contributed by atoms with Gasteiger partial charge in [-0.3, -0.25) is 0 Å². The first kappa shape index (κ1) is 3.39. The van der Waals surface area contributed by atoms with Crippen LogP contribution in [0.15, 0.2) is 20.7 Å². The van der Waals surface area contributed by atoms with Crippen LogP contribution in [0, 0.1) is 6.17 Å². The van der Waals surface area contributed by atoms with Crippen molar-refractivity contribution in [3.8, 4) is 0 Å². The van der Waals surface area contributed by atoms with E-state index in [9.17, 15) is 0 Å². The van der Waals surface area contributed by atoms with Crippen LogP contribution in [0.4, 0.5) is 0 Å². The van der Waals surface area contributed by atoms with Gasteiger partial charge in [0.15, 0.2) is 0 Å². The summed E-state index contributed by atoms with van der Waals surface area (Å²) in [5, 5.41) is 13.3. The summed E-state index contributed by atoms with van der Waals surface area (Å²) in [6, 6.07) is 0. The van der Waals surface area contributed by atoms with Gasteiger partial charge in [0, 0.05) is 0 Å². The Morgan fingerprint density at radius 3 is 1.83 bits per heavy atom. The second-order valence-corrected chi connectivity index (χ2v) is 0.926. The van der Waals surface area contributed by atoms with Crippen LogP contribution in [0.5, 0.6) is 0 Å². The first-order valence-electron chi connectivity index (χ1n) is 1.55. The molecule has 1 radical (unpaired) electrons. The van der Waals surface area contributed by atoms with E-state index in [4.69, 9.17) is 0 Å². The van der Waals surface area contributed by atoms with Gasteiger partial charge in [-0.05, 0) is 17.4 Å². The zero-order valence-electron chi connectivity index (χ0n) is 3.29. The highest BCUT2D eigenvalue weighted by Gasteiger charge is 1.98. The van der Waals surface area contributed by atoms with Crippen molar-refractivity contribution >= 4 is 0 Å². The van der Waals surface area contributed by atoms with E-state index in [0.717, 1.165) is 0 Å². The molecule has 0 bridgehead atoms. The first-order valence-corrected chi connectivity index (χ1v) is 1.55. The molecule has 0 aliphatic carbocycles. The Balaban J connectivity index is 2.60. The topological polar surface area (TPSA) is 49.4 Å². The molecule has 0 aromatic heterocycles. The van der Waals surface area contributed by atoms with Gasteiger partial charge in [-0.1, -0.05) is 0 Å². The Kier molecular flexibility index (Phi) is 0.633. The molecule has 0 saturated heterocycles. The summed E-state index contributed by atoms with van der Waals surface area (Å²) in [4.78, 5) is 0. The van der Waals surface area contributed by atoms with Crippen molar-refractivity contribution in [1.29, 1.82) is 0 Å². The molecule has 31 valence electrons. The summed E-state index contributed by atoms with van der Waals surface area (Å²) in [6.45, 7) is 1.74. The van der Waals surface area contributed by atoms with Crippen LogP contribution in [-0.4, -0.2) is 0 Å². The predicted octanol–water partition coefficient (Wildman–Crippen LogP) is 1.33. The summed E-state index contributed by atoms with van der Waals surface area (Å²) < 4.78 is 0. The number of hydrogen-bond donors (Lipinski definition) is 0. The van der Waals surface area contributed by atoms with E-state index >= 15 is 0 Å². The standard InChI is InChI=1S/C2H3N4/c1-2-3-5-6-4-2/h1H3. The highest BCUT2D eigenvalue weighted by molar-refractivity contribution is 4.73. The van der Waals surface area contributed by atoms with E-state index in [0.29, 0.717) is 6.17 Å². The van der Waals surface area contributed by atoms with E-state index in [-0.39, 0.29) is 0 Å². The minimum absolute atomic E-state index is 0.620. The van der Waals surface area contributed by atoms with E-state index < -0.39 is 0 Å². The second kappa shape index (κ2) is 1.12. The van der Waals surface area contributed by atoms with Gasteiger partial charge in [0.1, 0.15) is 0 Å². The Bertz CT molecular complexity index is 81.7. The lowest BCUT2D eigenvalue weighted by Crippen LogP contribution is -1.66. The van der Waals surface area contributed by atoms with Gasteiger partial charge in [-0.2, -0.15) is 0 Å². The van der Waals surface area contributed by atoms with Gasteiger partial charge in [-0.15, -0.1) is 10.2 Å². The SMILES string of the molecule is C[C]1N=NN=N1. The Hall–Kier alpha value is -0.800. The van der Waals surface area contributed by atoms with Crippen molar-refractivity contribution in [1.82, 2.24) is 0 Å². The van der Waals surface area contributed by atoms with Gasteiger partial charge in [0.05, 0.1) is 0 Å². The molecule has 0 atom stereocenters. The van der Waals surface area contributed by atoms with Crippen LogP contribution >= 0.6 is 0 Å². The van der Waals surface area contributed by atoms with Crippen molar-refractivity contribution in [3.05, 3.63) is 6.17 Å². The molecule has 1 rings (SSSR count). The van der Waals surface area contributed by atoms with E-state index in [1.54, 1.807) is 6.92 Å². The molecule has 0 N–H and O–H groups in total. The lowest BCUT2D eigenvalue weighted by atomic mass is 10.7. The first-order chi connectivity index (χ1) is 2.89. The minimum atomic E-state index is 0.620. The monoisotopic (exact) mass is 83.0 g/mol. The molecule has 1 heterocycles. The molecule has 4 nitrogen and oxygen atoms in total. The Morgan fingerprint density at radius 2 is 1.67 bits per heavy atom. The molecule has 0 unspecified atom stereocenters. The summed E-state index contributed by atoms with van der Waals surface area (Å²) in [6.07, 6.45) is 0.620. The summed E-state index contributed by atoms with van der Waals surface area (Å²) >= 11 is 0. The quantitative estimate of drug-likeness (QED) is 0.424. The van der Waals surface area contributed by atoms with Gasteiger partial charge >= 0.3 is 0 Å². The van der Waals surface area contributed by atoms with Crippen molar-refractivity contribution in [3.63, 3.8) is 0 Å². The third-order valence-electron chi connectivity index (χ3n) is 0.419. The molecule has 1 aliphatic heterocycles. The summed E-state index contributed by atoms with van der Waals surface area (Å²) in [7, 11) is 0. The van der Waals surface area contributed by atoms with Crippen LogP contribution in [0.2, 0.25) is 0 Å². The zero-order valence-corrected chi connectivity index (χ0v) is 3.29. The Labute approximate surface area is 35.0 Å². The molecule has 0 spiro atoms. The number of rotatable bonds is 0. The highest BCUT2D eigenvalue weighted by atomic mass is 15.5. The maximum atomic E-state index is 3.44. The van der Waals surface area contributed by atoms with Crippen molar-refractivity contribution < 1.29 is 0 Å². The molecule has 0 fully saturated rings. The Morgan fingerprint density at radius 1 is 1.17 bits per heavy atom. The second-order valence-electron chi connectivity index (χ2n) is 0.926. The average Bonchev–Trinajstić information content (AvgIpc) is 1.86. The molecule has 4 heteroatoms. The zero-order chi connectivity index (χ0) is 4.41. The minimum Gasteiger partial charge on any atom is -0.130 e. The molecule has 0 aromatic rings. The van der Waals surface area contributed by atoms with E-state index in [2.05, 4.69) is 20.7 Å². The summed E-state index contributed by atoms with van der Waals surface area (Å²) in [5.74, 6) is 0. The third kappa shape index (κ3) is 0.403. The lowest BCUT2D eigenvalue weighted by molar-refractivity contribution is 0.980. The van der Waals surface area contributed by atoms with Gasteiger partial charge < -0.3 is 0 Å². The lowest BCUT2D eigenvalue weighted by Gasteiger charge is -1.74. The molecular formula is C2H3N4. The van der Waals surface area contributed by atoms with E-state index in [1.165, 1.54) is 0 Å². The average molecular weight is 83.1 g/mol. The van der Waals surface area contributed by atoms with Crippen LogP contribution in [0.1, 0.15) is 6.92 Å². The number of hydrogen-bond acceptors (Lipinski definition) is 4. The fourth-order valence-electron chi connectivity index (χ4n) is 0.189. The fraction of sp³-hybridized carbons (Fsp3) is 0.500. The molecule has 0 aromatic carbocycles. The maximum Gasteiger partial charge on any atom is 0.240 e. The normalized spacial score (nSPS) is 20.2. The summed E-state index contributed by atoms with van der Waals surface area (Å²) in [5.41, 5.74) is 0. The van der Waals surface area contributed by atoms with Crippen molar-refractivity contribution in [2.45, 2.75) is 6.92 Å². The van der Waals surface area contributed by atoms with Crippen molar-refractivity contribution in [2.24, 2.45) is 20.7 Å². The molecule has 0 saturated carbocycles. The van der Waals surface area contributed by atoms with Crippen LogP contribution < -0.4 is 0 Å². The van der Waals surface area contributed by atoms with Crippen LogP contribution in [0.25, 0.3) is 0 Å². The predicted molar refractivity (Wildman–Crippen MR) is 18.6 cm³/mol. The maximum absolute atomic E-state index is 3.44. The largest absolute Gasteiger partial charge is 0.240 e. The molecule has 1 aliphatic rings. The molecule has 0 amide bonds. The molecule has 6 heavy (non-hydrogen) atoms. The van der Waals surface area contributed by atoms with Crippen molar-refractivity contribution in [2.75, 3.05) is 0 Å². The van der Waals surface area contributed by atoms with Crippen LogP contribution in [-0.2, 0) is 0 Å². The van der Waals surface area contributed by atoms with E-state index in [1.807, 2.05) is 0 Å². The van der Waals surface area contributed by atoms with Gasteiger partial charge in [0.25, 0.3) is 0 Å². The van der Waals surface area contributed by atoms with Gasteiger partial charge in [0.2, 0.25) is 6.17 Å². The number of nitrogens with zero attached hydrogens (tertiary/aromatic N) is 4. The smallest absolute Gasteiger partial charge is 0.130 e. The third-order valence-corrected chi connectivity index (χ3v) is 0.419. The highest BCUT2D eigenvalue weighted by Crippen LogP contribution is 2.09. The van der Waals surface area contributed by atoms with Gasteiger partial charge in [-0.25, -0.2) is 0 Å². The fourth-order valence-corrected chi connectivity index (χ4v) is 0.189.